The Bertz CT molecular complexity index is 528. The molecule has 0 saturated carbocycles. The minimum atomic E-state index is -1.71. The fourth-order valence-electron chi connectivity index (χ4n) is 1.27. The summed E-state index contributed by atoms with van der Waals surface area (Å²) in [5.74, 6) is -0.734. The van der Waals surface area contributed by atoms with E-state index < -0.39 is 11.4 Å². The van der Waals surface area contributed by atoms with Crippen molar-refractivity contribution in [2.45, 2.75) is 9.84 Å². The molecule has 0 aliphatic rings. The Hall–Kier alpha value is -1.18. The average molecular weight is 286 g/mol. The molecule has 0 aliphatic heterocycles. The van der Waals surface area contributed by atoms with Gasteiger partial charge in [0.2, 0.25) is 5.50 Å². The molecule has 18 heavy (non-hydrogen) atoms. The number of carbonyl (C=O) groups is 1. The Kier molecular flexibility index (Phi) is 4.15. The standard InChI is InChI=1S/C11H11FN2O2S2/c1-14(16-2)10(15)9(12)18-11-13-7-5-3-4-6-8(7)17-11/h3-6,9H,1-2H3. The highest BCUT2D eigenvalue weighted by Gasteiger charge is 2.24. The van der Waals surface area contributed by atoms with E-state index >= 15 is 0 Å². The molecule has 96 valence electrons. The van der Waals surface area contributed by atoms with Gasteiger partial charge in [0.15, 0.2) is 4.34 Å². The van der Waals surface area contributed by atoms with Gasteiger partial charge in [-0.25, -0.2) is 14.4 Å². The summed E-state index contributed by atoms with van der Waals surface area (Å²) in [7, 11) is 2.68. The van der Waals surface area contributed by atoms with E-state index in [0.717, 1.165) is 27.0 Å². The van der Waals surface area contributed by atoms with Crippen molar-refractivity contribution in [3.63, 3.8) is 0 Å². The van der Waals surface area contributed by atoms with Gasteiger partial charge in [-0.2, -0.15) is 0 Å². The Labute approximate surface area is 112 Å². The summed E-state index contributed by atoms with van der Waals surface area (Å²) in [5, 5.41) is 0.866. The molecule has 0 bridgehead atoms. The first-order valence-electron chi connectivity index (χ1n) is 5.10. The fourth-order valence-corrected chi connectivity index (χ4v) is 3.26. The molecule has 2 aromatic rings. The monoisotopic (exact) mass is 286 g/mol. The van der Waals surface area contributed by atoms with Crippen molar-refractivity contribution in [2.24, 2.45) is 0 Å². The lowest BCUT2D eigenvalue weighted by atomic mass is 10.3. The molecule has 4 nitrogen and oxygen atoms in total. The average Bonchev–Trinajstić information content (AvgIpc) is 2.78. The van der Waals surface area contributed by atoms with Crippen LogP contribution in [0.25, 0.3) is 10.2 Å². The molecule has 1 atom stereocenters. The SMILES string of the molecule is CON(C)C(=O)C(F)Sc1nc2ccccc2s1. The molecule has 1 aromatic heterocycles. The summed E-state index contributed by atoms with van der Waals surface area (Å²) in [5.41, 5.74) is -0.903. The number of benzene rings is 1. The van der Waals surface area contributed by atoms with Gasteiger partial charge in [0.05, 0.1) is 17.3 Å². The Balaban J connectivity index is 2.11. The van der Waals surface area contributed by atoms with Crippen LogP contribution in [-0.4, -0.2) is 35.6 Å². The molecular weight excluding hydrogens is 275 g/mol. The molecular formula is C11H11FN2O2S2. The van der Waals surface area contributed by atoms with Crippen LogP contribution >= 0.6 is 23.1 Å². The summed E-state index contributed by atoms with van der Waals surface area (Å²) in [4.78, 5) is 20.4. The van der Waals surface area contributed by atoms with Gasteiger partial charge in [-0.1, -0.05) is 12.1 Å². The first kappa shape index (κ1) is 13.3. The highest BCUT2D eigenvalue weighted by molar-refractivity contribution is 8.02. The minimum Gasteiger partial charge on any atom is -0.274 e. The van der Waals surface area contributed by atoms with Gasteiger partial charge < -0.3 is 0 Å². The number of alkyl halides is 1. The predicted octanol–water partition coefficient (Wildman–Crippen LogP) is 2.70. The van der Waals surface area contributed by atoms with Crippen LogP contribution in [0.5, 0.6) is 0 Å². The van der Waals surface area contributed by atoms with E-state index in [0.29, 0.717) is 4.34 Å². The van der Waals surface area contributed by atoms with Crippen molar-refractivity contribution >= 4 is 39.2 Å². The molecule has 2 rings (SSSR count). The second-order valence-corrected chi connectivity index (χ2v) is 5.73. The van der Waals surface area contributed by atoms with E-state index in [1.807, 2.05) is 24.3 Å². The third kappa shape index (κ3) is 2.80. The van der Waals surface area contributed by atoms with Gasteiger partial charge in [-0.3, -0.25) is 9.63 Å². The van der Waals surface area contributed by atoms with Crippen LogP contribution in [-0.2, 0) is 9.63 Å². The first-order chi connectivity index (χ1) is 8.61. The summed E-state index contributed by atoms with van der Waals surface area (Å²) < 4.78 is 15.2. The molecule has 0 spiro atoms. The number of halogens is 1. The van der Waals surface area contributed by atoms with E-state index in [1.165, 1.54) is 25.5 Å². The lowest BCUT2D eigenvalue weighted by Crippen LogP contribution is -2.31. The van der Waals surface area contributed by atoms with Gasteiger partial charge in [0.1, 0.15) is 0 Å². The number of rotatable bonds is 4. The Morgan fingerprint density at radius 1 is 1.56 bits per heavy atom. The van der Waals surface area contributed by atoms with E-state index in [2.05, 4.69) is 9.82 Å². The van der Waals surface area contributed by atoms with E-state index in [4.69, 9.17) is 0 Å². The van der Waals surface area contributed by atoms with Crippen LogP contribution in [0, 0.1) is 0 Å². The van der Waals surface area contributed by atoms with Gasteiger partial charge in [0.25, 0.3) is 5.91 Å². The molecule has 7 heteroatoms. The summed E-state index contributed by atoms with van der Waals surface area (Å²) in [6.07, 6.45) is 0. The normalized spacial score (nSPS) is 12.6. The summed E-state index contributed by atoms with van der Waals surface area (Å²) >= 11 is 2.15. The Morgan fingerprint density at radius 2 is 2.28 bits per heavy atom. The molecule has 0 radical (unpaired) electrons. The van der Waals surface area contributed by atoms with Crippen molar-refractivity contribution in [2.75, 3.05) is 14.2 Å². The highest BCUT2D eigenvalue weighted by Crippen LogP contribution is 2.32. The topological polar surface area (TPSA) is 42.4 Å². The number of carbonyl (C=O) groups excluding carboxylic acids is 1. The number of thiazole rings is 1. The van der Waals surface area contributed by atoms with Gasteiger partial charge in [-0.15, -0.1) is 11.3 Å². The fraction of sp³-hybridized carbons (Fsp3) is 0.273. The van der Waals surface area contributed by atoms with Crippen LogP contribution in [0.1, 0.15) is 0 Å². The van der Waals surface area contributed by atoms with E-state index in [1.54, 1.807) is 0 Å². The third-order valence-electron chi connectivity index (χ3n) is 2.26. The molecule has 1 unspecified atom stereocenters. The molecule has 1 aromatic carbocycles. The summed E-state index contributed by atoms with van der Waals surface area (Å²) in [6.45, 7) is 0. The maximum atomic E-state index is 13.7. The van der Waals surface area contributed by atoms with Crippen molar-refractivity contribution in [1.82, 2.24) is 10.0 Å². The molecule has 0 saturated heterocycles. The second kappa shape index (κ2) is 5.64. The van der Waals surface area contributed by atoms with Gasteiger partial charge >= 0.3 is 0 Å². The maximum absolute atomic E-state index is 13.7. The number of fused-ring (bicyclic) bond motifs is 1. The zero-order valence-electron chi connectivity index (χ0n) is 9.79. The number of hydrogen-bond acceptors (Lipinski definition) is 5. The van der Waals surface area contributed by atoms with E-state index in [-0.39, 0.29) is 0 Å². The third-order valence-corrected chi connectivity index (χ3v) is 4.33. The van der Waals surface area contributed by atoms with Crippen LogP contribution in [0.4, 0.5) is 4.39 Å². The van der Waals surface area contributed by atoms with Gasteiger partial charge in [-0.05, 0) is 23.9 Å². The van der Waals surface area contributed by atoms with Crippen LogP contribution in [0.2, 0.25) is 0 Å². The van der Waals surface area contributed by atoms with Gasteiger partial charge in [0, 0.05) is 7.05 Å². The quantitative estimate of drug-likeness (QED) is 0.640. The molecule has 1 heterocycles. The molecule has 0 aliphatic carbocycles. The zero-order valence-corrected chi connectivity index (χ0v) is 11.4. The van der Waals surface area contributed by atoms with Crippen LogP contribution in [0.3, 0.4) is 0 Å². The highest BCUT2D eigenvalue weighted by atomic mass is 32.2. The predicted molar refractivity (Wildman–Crippen MR) is 70.2 cm³/mol. The number of amides is 1. The molecule has 0 N–H and O–H groups in total. The number of thioether (sulfide) groups is 1. The van der Waals surface area contributed by atoms with Crippen LogP contribution in [0.15, 0.2) is 28.6 Å². The lowest BCUT2D eigenvalue weighted by molar-refractivity contribution is -0.170. The van der Waals surface area contributed by atoms with Crippen molar-refractivity contribution in [3.8, 4) is 0 Å². The lowest BCUT2D eigenvalue weighted by Gasteiger charge is -2.14. The van der Waals surface area contributed by atoms with E-state index in [9.17, 15) is 9.18 Å². The maximum Gasteiger partial charge on any atom is 0.291 e. The Morgan fingerprint density at radius 3 is 2.94 bits per heavy atom. The summed E-state index contributed by atoms with van der Waals surface area (Å²) in [6, 6.07) is 7.53. The zero-order chi connectivity index (χ0) is 13.1. The van der Waals surface area contributed by atoms with Crippen molar-refractivity contribution in [3.05, 3.63) is 24.3 Å². The number of hydroxylamine groups is 2. The number of nitrogens with zero attached hydrogens (tertiary/aromatic N) is 2. The first-order valence-corrected chi connectivity index (χ1v) is 6.79. The number of para-hydroxylation sites is 1. The smallest absolute Gasteiger partial charge is 0.274 e. The number of hydrogen-bond donors (Lipinski definition) is 0. The molecule has 0 fully saturated rings. The van der Waals surface area contributed by atoms with Crippen molar-refractivity contribution in [1.29, 1.82) is 0 Å². The minimum absolute atomic E-state index is 0.529. The molecule has 1 amide bonds. The van der Waals surface area contributed by atoms with Crippen LogP contribution < -0.4 is 0 Å². The second-order valence-electron chi connectivity index (χ2n) is 3.40. The van der Waals surface area contributed by atoms with Crippen molar-refractivity contribution < 1.29 is 14.0 Å². The largest absolute Gasteiger partial charge is 0.291 e. The number of aromatic nitrogens is 1.